The number of carbonyl (C=O) groups excluding carboxylic acids is 1. The molecule has 0 saturated heterocycles. The van der Waals surface area contributed by atoms with Crippen molar-refractivity contribution in [2.24, 2.45) is 0 Å². The lowest BCUT2D eigenvalue weighted by atomic mass is 10.2. The number of likely N-dealkylation sites (N-methyl/N-ethyl adjacent to an activating group) is 1. The van der Waals surface area contributed by atoms with Gasteiger partial charge in [0.25, 0.3) is 5.91 Å². The summed E-state index contributed by atoms with van der Waals surface area (Å²) in [7, 11) is 1.84. The highest BCUT2D eigenvalue weighted by Crippen LogP contribution is 2.21. The Balaban J connectivity index is 0.00000225. The van der Waals surface area contributed by atoms with E-state index in [0.29, 0.717) is 21.6 Å². The number of carbonyl (C=O) groups is 1. The van der Waals surface area contributed by atoms with Crippen LogP contribution in [0.25, 0.3) is 0 Å². The quantitative estimate of drug-likeness (QED) is 0.834. The Kier molecular flexibility index (Phi) is 7.76. The van der Waals surface area contributed by atoms with Crippen molar-refractivity contribution < 1.29 is 4.79 Å². The smallest absolute Gasteiger partial charge is 0.252 e. The van der Waals surface area contributed by atoms with Crippen molar-refractivity contribution in [2.75, 3.05) is 20.1 Å². The van der Waals surface area contributed by atoms with Crippen LogP contribution in [0, 0.1) is 0 Å². The van der Waals surface area contributed by atoms with Crippen molar-refractivity contribution in [3.8, 4) is 0 Å². The molecule has 90 valence electrons. The van der Waals surface area contributed by atoms with Crippen LogP contribution in [0.3, 0.4) is 0 Å². The molecule has 0 aromatic heterocycles. The van der Waals surface area contributed by atoms with Crippen LogP contribution < -0.4 is 10.6 Å². The summed E-state index contributed by atoms with van der Waals surface area (Å²) >= 11 is 9.07. The fourth-order valence-electron chi connectivity index (χ4n) is 1.07. The van der Waals surface area contributed by atoms with Gasteiger partial charge < -0.3 is 10.6 Å². The van der Waals surface area contributed by atoms with Crippen molar-refractivity contribution in [1.29, 1.82) is 0 Å². The van der Waals surface area contributed by atoms with E-state index >= 15 is 0 Å². The molecule has 0 heterocycles. The minimum atomic E-state index is -0.103. The fraction of sp³-hybridized carbons (Fsp3) is 0.300. The van der Waals surface area contributed by atoms with Crippen LogP contribution in [0.1, 0.15) is 10.4 Å². The Morgan fingerprint density at radius 2 is 2.12 bits per heavy atom. The molecule has 0 aliphatic rings. The molecule has 0 fully saturated rings. The van der Waals surface area contributed by atoms with Crippen LogP contribution in [-0.4, -0.2) is 26.0 Å². The topological polar surface area (TPSA) is 41.1 Å². The highest BCUT2D eigenvalue weighted by molar-refractivity contribution is 9.10. The Labute approximate surface area is 114 Å². The van der Waals surface area contributed by atoms with E-state index in [1.165, 1.54) is 0 Å². The summed E-state index contributed by atoms with van der Waals surface area (Å²) in [6.07, 6.45) is 0. The van der Waals surface area contributed by atoms with Gasteiger partial charge in [-0.25, -0.2) is 0 Å². The predicted octanol–water partition coefficient (Wildman–Crippen LogP) is 2.47. The number of amides is 1. The molecule has 6 heteroatoms. The lowest BCUT2D eigenvalue weighted by molar-refractivity contribution is 0.0953. The zero-order valence-electron chi connectivity index (χ0n) is 8.72. The Hall–Kier alpha value is -0.290. The van der Waals surface area contributed by atoms with Gasteiger partial charge in [-0.05, 0) is 41.2 Å². The first-order valence-electron chi connectivity index (χ1n) is 4.53. The van der Waals surface area contributed by atoms with E-state index in [4.69, 9.17) is 11.6 Å². The third-order valence-corrected chi connectivity index (χ3v) is 2.73. The molecule has 2 N–H and O–H groups in total. The van der Waals surface area contributed by atoms with E-state index in [1.807, 2.05) is 7.05 Å². The molecule has 0 aliphatic carbocycles. The van der Waals surface area contributed by atoms with Crippen molar-refractivity contribution in [3.63, 3.8) is 0 Å². The molecule has 0 spiro atoms. The van der Waals surface area contributed by atoms with Crippen molar-refractivity contribution in [3.05, 3.63) is 33.3 Å². The number of rotatable bonds is 4. The molecule has 16 heavy (non-hydrogen) atoms. The first-order chi connectivity index (χ1) is 7.15. The number of halogens is 3. The molecule has 0 bridgehead atoms. The van der Waals surface area contributed by atoms with Gasteiger partial charge in [0.15, 0.2) is 0 Å². The van der Waals surface area contributed by atoms with Gasteiger partial charge in [-0.1, -0.05) is 11.6 Å². The summed E-state index contributed by atoms with van der Waals surface area (Å²) in [5.41, 5.74) is 0.593. The molecule has 1 amide bonds. The maximum Gasteiger partial charge on any atom is 0.252 e. The van der Waals surface area contributed by atoms with Gasteiger partial charge in [-0.3, -0.25) is 4.79 Å². The van der Waals surface area contributed by atoms with Crippen LogP contribution in [0.15, 0.2) is 22.7 Å². The number of hydrogen-bond donors (Lipinski definition) is 2. The summed E-state index contributed by atoms with van der Waals surface area (Å²) in [6.45, 7) is 1.35. The minimum Gasteiger partial charge on any atom is -0.351 e. The third-order valence-electron chi connectivity index (χ3n) is 1.84. The van der Waals surface area contributed by atoms with Crippen LogP contribution in [0.2, 0.25) is 5.02 Å². The normalized spacial score (nSPS) is 9.44. The molecule has 0 atom stereocenters. The Morgan fingerprint density at radius 3 is 2.69 bits per heavy atom. The third kappa shape index (κ3) is 4.70. The second-order valence-electron chi connectivity index (χ2n) is 2.98. The second-order valence-corrected chi connectivity index (χ2v) is 4.27. The van der Waals surface area contributed by atoms with Crippen LogP contribution in [-0.2, 0) is 0 Å². The maximum atomic E-state index is 11.6. The SMILES string of the molecule is CNCCNC(=O)c1ccc(Cl)cc1Br.Cl. The van der Waals surface area contributed by atoms with Gasteiger partial charge in [0.2, 0.25) is 0 Å². The maximum absolute atomic E-state index is 11.6. The Bertz CT molecular complexity index is 361. The van der Waals surface area contributed by atoms with E-state index in [2.05, 4.69) is 26.6 Å². The van der Waals surface area contributed by atoms with Gasteiger partial charge in [0, 0.05) is 22.6 Å². The van der Waals surface area contributed by atoms with Crippen LogP contribution >= 0.6 is 39.9 Å². The molecule has 1 aromatic carbocycles. The predicted molar refractivity (Wildman–Crippen MR) is 72.7 cm³/mol. The summed E-state index contributed by atoms with van der Waals surface area (Å²) in [4.78, 5) is 11.6. The molecular weight excluding hydrogens is 315 g/mol. The summed E-state index contributed by atoms with van der Waals surface area (Å²) in [6, 6.07) is 5.09. The number of nitrogens with one attached hydrogen (secondary N) is 2. The average molecular weight is 328 g/mol. The summed E-state index contributed by atoms with van der Waals surface area (Å²) < 4.78 is 0.706. The molecule has 1 aromatic rings. The minimum absolute atomic E-state index is 0. The van der Waals surface area contributed by atoms with Gasteiger partial charge in [-0.15, -0.1) is 12.4 Å². The highest BCUT2D eigenvalue weighted by Gasteiger charge is 2.08. The first-order valence-corrected chi connectivity index (χ1v) is 5.70. The van der Waals surface area contributed by atoms with Gasteiger partial charge in [-0.2, -0.15) is 0 Å². The highest BCUT2D eigenvalue weighted by atomic mass is 79.9. The van der Waals surface area contributed by atoms with E-state index in [-0.39, 0.29) is 18.3 Å². The largest absolute Gasteiger partial charge is 0.351 e. The fourth-order valence-corrected chi connectivity index (χ4v) is 1.93. The van der Waals surface area contributed by atoms with Crippen molar-refractivity contribution in [2.45, 2.75) is 0 Å². The monoisotopic (exact) mass is 326 g/mol. The Morgan fingerprint density at radius 1 is 1.44 bits per heavy atom. The standard InChI is InChI=1S/C10H12BrClN2O.ClH/c1-13-4-5-14-10(15)8-3-2-7(12)6-9(8)11;/h2-3,6,13H,4-5H2,1H3,(H,14,15);1H. The molecule has 3 nitrogen and oxygen atoms in total. The average Bonchev–Trinajstić information content (AvgIpc) is 2.17. The van der Waals surface area contributed by atoms with E-state index < -0.39 is 0 Å². The molecule has 1 rings (SSSR count). The van der Waals surface area contributed by atoms with Crippen LogP contribution in [0.4, 0.5) is 0 Å². The van der Waals surface area contributed by atoms with E-state index in [0.717, 1.165) is 6.54 Å². The number of hydrogen-bond acceptors (Lipinski definition) is 2. The van der Waals surface area contributed by atoms with Crippen molar-refractivity contribution >= 4 is 45.8 Å². The molecule has 0 radical (unpaired) electrons. The number of benzene rings is 1. The first kappa shape index (κ1) is 15.7. The molecule has 0 saturated carbocycles. The van der Waals surface area contributed by atoms with Crippen molar-refractivity contribution in [1.82, 2.24) is 10.6 Å². The van der Waals surface area contributed by atoms with Gasteiger partial charge in [0.1, 0.15) is 0 Å². The van der Waals surface area contributed by atoms with E-state index in [1.54, 1.807) is 18.2 Å². The molecular formula is C10H13BrCl2N2O. The zero-order valence-corrected chi connectivity index (χ0v) is 11.9. The van der Waals surface area contributed by atoms with Crippen LogP contribution in [0.5, 0.6) is 0 Å². The van der Waals surface area contributed by atoms with Gasteiger partial charge >= 0.3 is 0 Å². The summed E-state index contributed by atoms with van der Waals surface area (Å²) in [5.74, 6) is -0.103. The lowest BCUT2D eigenvalue weighted by Crippen LogP contribution is -2.30. The molecule has 0 unspecified atom stereocenters. The zero-order chi connectivity index (χ0) is 11.3. The summed E-state index contributed by atoms with van der Waals surface area (Å²) in [5, 5.41) is 6.34. The second kappa shape index (κ2) is 7.90. The molecule has 0 aliphatic heterocycles. The van der Waals surface area contributed by atoms with E-state index in [9.17, 15) is 4.79 Å². The lowest BCUT2D eigenvalue weighted by Gasteiger charge is -2.06. The van der Waals surface area contributed by atoms with Gasteiger partial charge in [0.05, 0.1) is 5.56 Å².